The van der Waals surface area contributed by atoms with E-state index in [1.54, 1.807) is 0 Å². The minimum absolute atomic E-state index is 0. The first kappa shape index (κ1) is 69.4. The third-order valence-corrected chi connectivity index (χ3v) is 0. The van der Waals surface area contributed by atoms with Crippen LogP contribution in [0.3, 0.4) is 0 Å². The summed E-state index contributed by atoms with van der Waals surface area (Å²) < 4.78 is 0. The van der Waals surface area contributed by atoms with Crippen LogP contribution < -0.4 is 0 Å². The van der Waals surface area contributed by atoms with Gasteiger partial charge in [0.15, 0.2) is 0 Å². The molecule has 0 spiro atoms. The van der Waals surface area contributed by atoms with Gasteiger partial charge in [0.2, 0.25) is 0 Å². The molecule has 0 heterocycles. The Morgan fingerprint density at radius 3 is 1.00 bits per heavy atom. The maximum Gasteiger partial charge on any atom is 0.0814 e. The van der Waals surface area contributed by atoms with Crippen LogP contribution >= 0.6 is 0 Å². The average Bonchev–Trinajstić information content (AvgIpc) is 0. The molecular formula is H7BCrCuNiSi. The van der Waals surface area contributed by atoms with E-state index in [0.29, 0.717) is 0 Å². The van der Waals surface area contributed by atoms with Gasteiger partial charge in [-0.2, -0.15) is 0 Å². The van der Waals surface area contributed by atoms with Crippen molar-refractivity contribution in [3.05, 3.63) is 0 Å². The first-order chi connectivity index (χ1) is 0. The molecule has 0 N–H and O–H groups in total. The van der Waals surface area contributed by atoms with Crippen molar-refractivity contribution in [2.24, 2.45) is 0 Å². The molecule has 0 aromatic rings. The molecule has 41 valence electrons. The first-order valence-corrected chi connectivity index (χ1v) is 0. The van der Waals surface area contributed by atoms with Crippen LogP contribution in [-0.4, -0.2) is 19.4 Å². The van der Waals surface area contributed by atoms with E-state index in [2.05, 4.69) is 0 Å². The second kappa shape index (κ2) is 40.7. The van der Waals surface area contributed by atoms with E-state index >= 15 is 0 Å². The Hall–Kier alpha value is 1.83. The van der Waals surface area contributed by atoms with Gasteiger partial charge < -0.3 is 0 Å². The van der Waals surface area contributed by atoms with Gasteiger partial charge in [0.1, 0.15) is 0 Å². The van der Waals surface area contributed by atoms with Crippen LogP contribution in [-0.2, 0) is 50.9 Å². The zero-order valence-corrected chi connectivity index (χ0v) is 4.23. The van der Waals surface area contributed by atoms with Crippen LogP contribution in [0.15, 0.2) is 0 Å². The summed E-state index contributed by atoms with van der Waals surface area (Å²) in [4.78, 5) is 0. The van der Waals surface area contributed by atoms with Crippen molar-refractivity contribution in [3.63, 3.8) is 0 Å². The van der Waals surface area contributed by atoms with E-state index in [-0.39, 0.29) is 70.3 Å². The quantitative estimate of drug-likeness (QED) is 0.391. The standard InChI is InChI=1S/BH3.Cr.Cu.Ni.H4Si/h1H3;;;;1H4. The molecule has 0 saturated carbocycles. The van der Waals surface area contributed by atoms with Gasteiger partial charge in [0.05, 0.1) is 8.41 Å². The summed E-state index contributed by atoms with van der Waals surface area (Å²) in [7, 11) is 0. The van der Waals surface area contributed by atoms with Crippen molar-refractivity contribution >= 4 is 19.4 Å². The molecular weight excluding hydrogens is 213 g/mol. The largest absolute Gasteiger partial charge is 0.0814 e. The van der Waals surface area contributed by atoms with Gasteiger partial charge in [-0.25, -0.2) is 0 Å². The fourth-order valence-electron chi connectivity index (χ4n) is 0. The molecule has 0 atom stereocenters. The third-order valence-electron chi connectivity index (χ3n) is 0. The van der Waals surface area contributed by atoms with Gasteiger partial charge in [-0.15, -0.1) is 0 Å². The molecule has 1 radical (unpaired) electrons. The van der Waals surface area contributed by atoms with Crippen LogP contribution in [0.5, 0.6) is 0 Å². The molecule has 0 rings (SSSR count). The van der Waals surface area contributed by atoms with E-state index < -0.39 is 0 Å². The summed E-state index contributed by atoms with van der Waals surface area (Å²) in [5.74, 6) is 0. The van der Waals surface area contributed by atoms with Gasteiger partial charge in [-0.1, -0.05) is 0 Å². The predicted octanol–water partition coefficient (Wildman–Crippen LogP) is -2.64. The van der Waals surface area contributed by atoms with E-state index in [1.165, 1.54) is 0 Å². The topological polar surface area (TPSA) is 0 Å². The van der Waals surface area contributed by atoms with E-state index in [0.717, 1.165) is 0 Å². The van der Waals surface area contributed by atoms with Crippen molar-refractivity contribution in [1.82, 2.24) is 0 Å². The van der Waals surface area contributed by atoms with E-state index in [9.17, 15) is 0 Å². The molecule has 5 heavy (non-hydrogen) atoms. The number of hydrogen-bond donors (Lipinski definition) is 0. The Bertz CT molecular complexity index is 11.6. The molecule has 0 aliphatic heterocycles. The molecule has 0 aromatic heterocycles. The molecule has 0 fully saturated rings. The Morgan fingerprint density at radius 2 is 1.00 bits per heavy atom. The maximum absolute atomic E-state index is 0. The smallest absolute Gasteiger partial charge is 0.0149 e. The summed E-state index contributed by atoms with van der Waals surface area (Å²) in [5.41, 5.74) is 0. The molecule has 0 unspecified atom stereocenters. The molecule has 0 aromatic carbocycles. The predicted molar refractivity (Wildman–Crippen MR) is 21.3 cm³/mol. The fourth-order valence-corrected chi connectivity index (χ4v) is 0. The normalized spacial score (nSPS) is 0. The Balaban J connectivity index is 0. The van der Waals surface area contributed by atoms with Crippen molar-refractivity contribution in [2.75, 3.05) is 0 Å². The SMILES string of the molecule is B.[Cr].[Cu].[Ni].[SiH4]. The second-order valence-electron chi connectivity index (χ2n) is 0. The van der Waals surface area contributed by atoms with Gasteiger partial charge in [-0.3, -0.25) is 0 Å². The summed E-state index contributed by atoms with van der Waals surface area (Å²) in [6, 6.07) is 0. The van der Waals surface area contributed by atoms with Gasteiger partial charge >= 0.3 is 0 Å². The molecule has 0 nitrogen and oxygen atoms in total. The molecule has 0 amide bonds. The van der Waals surface area contributed by atoms with Crippen molar-refractivity contribution in [3.8, 4) is 0 Å². The summed E-state index contributed by atoms with van der Waals surface area (Å²) >= 11 is 0. The van der Waals surface area contributed by atoms with Crippen molar-refractivity contribution < 1.29 is 50.9 Å². The first-order valence-electron chi connectivity index (χ1n) is 0. The fraction of sp³-hybridized carbons (Fsp3) is 0. The zero-order chi connectivity index (χ0) is 0. The van der Waals surface area contributed by atoms with Gasteiger partial charge in [0.25, 0.3) is 0 Å². The Labute approximate surface area is 70.0 Å². The maximum atomic E-state index is 0. The van der Waals surface area contributed by atoms with E-state index in [1.807, 2.05) is 0 Å². The molecule has 0 aliphatic rings. The monoisotopic (exact) mass is 219 g/mol. The van der Waals surface area contributed by atoms with E-state index in [4.69, 9.17) is 0 Å². The van der Waals surface area contributed by atoms with Crippen LogP contribution in [0.1, 0.15) is 0 Å². The molecule has 5 heteroatoms. The van der Waals surface area contributed by atoms with Crippen LogP contribution in [0.4, 0.5) is 0 Å². The second-order valence-corrected chi connectivity index (χ2v) is 0. The van der Waals surface area contributed by atoms with Crippen molar-refractivity contribution in [2.45, 2.75) is 0 Å². The van der Waals surface area contributed by atoms with Crippen LogP contribution in [0, 0.1) is 0 Å². The number of rotatable bonds is 0. The minimum Gasteiger partial charge on any atom is -0.0149 e. The Morgan fingerprint density at radius 1 is 1.00 bits per heavy atom. The minimum atomic E-state index is 0. The average molecular weight is 220 g/mol. The third kappa shape index (κ3) is 25.6. The molecule has 0 saturated heterocycles. The molecule has 0 aliphatic carbocycles. The van der Waals surface area contributed by atoms with Crippen LogP contribution in [0.2, 0.25) is 0 Å². The zero-order valence-electron chi connectivity index (χ0n) is 1.03. The molecule has 0 bridgehead atoms. The van der Waals surface area contributed by atoms with Gasteiger partial charge in [0, 0.05) is 50.9 Å². The van der Waals surface area contributed by atoms with Crippen LogP contribution in [0.25, 0.3) is 0 Å². The van der Waals surface area contributed by atoms with Gasteiger partial charge in [-0.05, 0) is 11.0 Å². The summed E-state index contributed by atoms with van der Waals surface area (Å²) in [5, 5.41) is 0. The summed E-state index contributed by atoms with van der Waals surface area (Å²) in [6.07, 6.45) is 0. The Kier molecular flexibility index (Phi) is 565. The number of hydrogen-bond acceptors (Lipinski definition) is 0. The van der Waals surface area contributed by atoms with Crippen molar-refractivity contribution in [1.29, 1.82) is 0 Å². The summed E-state index contributed by atoms with van der Waals surface area (Å²) in [6.45, 7) is 0.